The van der Waals surface area contributed by atoms with E-state index in [9.17, 15) is 4.79 Å². The smallest absolute Gasteiger partial charge is 0.361 e. The predicted octanol–water partition coefficient (Wildman–Crippen LogP) is 3.47. The molecule has 158 valence electrons. The third-order valence-electron chi connectivity index (χ3n) is 5.42. The molecule has 0 aliphatic carbocycles. The van der Waals surface area contributed by atoms with Crippen molar-refractivity contribution in [1.82, 2.24) is 20.5 Å². The van der Waals surface area contributed by atoms with Crippen LogP contribution in [0.4, 0.5) is 5.69 Å². The van der Waals surface area contributed by atoms with Crippen LogP contribution >= 0.6 is 0 Å². The maximum absolute atomic E-state index is 12.6. The number of hydrogen-bond donors (Lipinski definition) is 2. The van der Waals surface area contributed by atoms with E-state index in [1.165, 1.54) is 0 Å². The number of rotatable bonds is 5. The molecule has 1 aliphatic rings. The number of carbonyl (C=O) groups excluding carboxylic acids is 1. The number of aromatic amines is 1. The number of H-pyrrole nitrogens is 1. The average Bonchev–Trinajstić information content (AvgIpc) is 3.47. The maximum Gasteiger partial charge on any atom is 0.361 e. The second-order valence-corrected chi connectivity index (χ2v) is 7.34. The first-order valence-corrected chi connectivity index (χ1v) is 10.4. The number of nitrogens with zero attached hydrogens (tertiary/aromatic N) is 3. The van der Waals surface area contributed by atoms with Crippen LogP contribution in [0.25, 0.3) is 33.7 Å². The van der Waals surface area contributed by atoms with Crippen LogP contribution in [-0.2, 0) is 4.74 Å². The lowest BCUT2D eigenvalue weighted by molar-refractivity contribution is 0.0520. The molecule has 0 radical (unpaired) electrons. The van der Waals surface area contributed by atoms with Gasteiger partial charge in [0, 0.05) is 48.4 Å². The Balaban J connectivity index is 1.55. The van der Waals surface area contributed by atoms with Gasteiger partial charge < -0.3 is 19.4 Å². The van der Waals surface area contributed by atoms with Gasteiger partial charge in [-0.1, -0.05) is 6.07 Å². The Labute approximate surface area is 179 Å². The van der Waals surface area contributed by atoms with Gasteiger partial charge in [0.1, 0.15) is 0 Å². The molecule has 2 N–H and O–H groups in total. The highest BCUT2D eigenvalue weighted by Crippen LogP contribution is 2.34. The van der Waals surface area contributed by atoms with Crippen molar-refractivity contribution in [2.24, 2.45) is 0 Å². The molecule has 8 heteroatoms. The molecular formula is C23H23N5O3. The normalized spacial score (nSPS) is 14.2. The molecule has 0 spiro atoms. The zero-order valence-electron chi connectivity index (χ0n) is 17.2. The lowest BCUT2D eigenvalue weighted by Crippen LogP contribution is -2.43. The fourth-order valence-corrected chi connectivity index (χ4v) is 3.87. The second kappa shape index (κ2) is 8.23. The van der Waals surface area contributed by atoms with Gasteiger partial charge in [0.15, 0.2) is 11.5 Å². The number of hydrogen-bond acceptors (Lipinski definition) is 7. The van der Waals surface area contributed by atoms with Crippen molar-refractivity contribution in [3.05, 3.63) is 54.4 Å². The Kier molecular flexibility index (Phi) is 5.13. The minimum Gasteiger partial charge on any atom is -0.461 e. The van der Waals surface area contributed by atoms with Crippen molar-refractivity contribution in [2.45, 2.75) is 6.92 Å². The van der Waals surface area contributed by atoms with Crippen molar-refractivity contribution < 1.29 is 13.9 Å². The number of carbonyl (C=O) groups is 1. The van der Waals surface area contributed by atoms with Gasteiger partial charge in [-0.2, -0.15) is 5.10 Å². The lowest BCUT2D eigenvalue weighted by Gasteiger charge is -2.29. The van der Waals surface area contributed by atoms with Crippen LogP contribution in [0.1, 0.15) is 17.4 Å². The molecule has 3 heterocycles. The van der Waals surface area contributed by atoms with Crippen LogP contribution < -0.4 is 10.2 Å². The van der Waals surface area contributed by atoms with E-state index in [2.05, 4.69) is 37.5 Å². The first-order valence-electron chi connectivity index (χ1n) is 10.4. The van der Waals surface area contributed by atoms with Crippen LogP contribution in [0.2, 0.25) is 0 Å². The third-order valence-corrected chi connectivity index (χ3v) is 5.42. The molecule has 5 rings (SSSR count). The van der Waals surface area contributed by atoms with Crippen molar-refractivity contribution in [2.75, 3.05) is 37.7 Å². The number of oxazole rings is 1. The van der Waals surface area contributed by atoms with Gasteiger partial charge in [0.2, 0.25) is 5.89 Å². The van der Waals surface area contributed by atoms with Gasteiger partial charge >= 0.3 is 5.97 Å². The molecule has 8 nitrogen and oxygen atoms in total. The summed E-state index contributed by atoms with van der Waals surface area (Å²) < 4.78 is 11.4. The van der Waals surface area contributed by atoms with E-state index < -0.39 is 5.97 Å². The Morgan fingerprint density at radius 1 is 1.16 bits per heavy atom. The lowest BCUT2D eigenvalue weighted by atomic mass is 10.1. The number of piperazine rings is 1. The summed E-state index contributed by atoms with van der Waals surface area (Å²) in [6.07, 6.45) is 1.72. The molecule has 0 saturated carbocycles. The molecule has 0 unspecified atom stereocenters. The van der Waals surface area contributed by atoms with Crippen molar-refractivity contribution >= 4 is 22.6 Å². The minimum absolute atomic E-state index is 0.173. The summed E-state index contributed by atoms with van der Waals surface area (Å²) in [7, 11) is 0. The summed E-state index contributed by atoms with van der Waals surface area (Å²) in [6, 6.07) is 13.7. The van der Waals surface area contributed by atoms with Crippen molar-refractivity contribution in [1.29, 1.82) is 0 Å². The molecule has 1 fully saturated rings. The highest BCUT2D eigenvalue weighted by molar-refractivity contribution is 5.97. The number of benzene rings is 2. The SMILES string of the molecule is CCOC(=O)c1nc(-c2cccc3[nH]ncc23)oc1-c1ccc(N2CCNCC2)cc1. The number of aromatic nitrogens is 3. The average molecular weight is 417 g/mol. The van der Waals surface area contributed by atoms with Crippen LogP contribution in [0.3, 0.4) is 0 Å². The highest BCUT2D eigenvalue weighted by atomic mass is 16.5. The van der Waals surface area contributed by atoms with E-state index in [0.717, 1.165) is 53.9 Å². The molecule has 0 atom stereocenters. The van der Waals surface area contributed by atoms with Gasteiger partial charge in [-0.25, -0.2) is 9.78 Å². The quantitative estimate of drug-likeness (QED) is 0.480. The molecule has 2 aromatic carbocycles. The van der Waals surface area contributed by atoms with Gasteiger partial charge in [-0.15, -0.1) is 0 Å². The Morgan fingerprint density at radius 3 is 2.74 bits per heavy atom. The monoisotopic (exact) mass is 417 g/mol. The van der Waals surface area contributed by atoms with Gasteiger partial charge in [-0.3, -0.25) is 5.10 Å². The van der Waals surface area contributed by atoms with E-state index in [4.69, 9.17) is 9.15 Å². The first-order chi connectivity index (χ1) is 15.2. The molecular weight excluding hydrogens is 394 g/mol. The van der Waals surface area contributed by atoms with Gasteiger partial charge in [-0.05, 0) is 43.3 Å². The van der Waals surface area contributed by atoms with Gasteiger partial charge in [0.05, 0.1) is 18.3 Å². The van der Waals surface area contributed by atoms with E-state index in [0.29, 0.717) is 11.7 Å². The second-order valence-electron chi connectivity index (χ2n) is 7.34. The minimum atomic E-state index is -0.502. The molecule has 31 heavy (non-hydrogen) atoms. The molecule has 0 amide bonds. The molecule has 1 saturated heterocycles. The van der Waals surface area contributed by atoms with Crippen LogP contribution in [0.15, 0.2) is 53.1 Å². The summed E-state index contributed by atoms with van der Waals surface area (Å²) in [5, 5.41) is 11.3. The molecule has 4 aromatic rings. The summed E-state index contributed by atoms with van der Waals surface area (Å²) in [6.45, 7) is 5.91. The summed E-state index contributed by atoms with van der Waals surface area (Å²) in [4.78, 5) is 19.5. The Hall–Kier alpha value is -3.65. The van der Waals surface area contributed by atoms with E-state index >= 15 is 0 Å². The zero-order chi connectivity index (χ0) is 21.2. The van der Waals surface area contributed by atoms with Gasteiger partial charge in [0.25, 0.3) is 0 Å². The first kappa shape index (κ1) is 19.3. The standard InChI is InChI=1S/C23H23N5O3/c1-2-30-23(29)20-21(15-6-8-16(9-7-15)28-12-10-24-11-13-28)31-22(26-20)17-4-3-5-19-18(17)14-25-27-19/h3-9,14,24H,2,10-13H2,1H3,(H,25,27). The van der Waals surface area contributed by atoms with Crippen LogP contribution in [-0.4, -0.2) is 53.9 Å². The number of ether oxygens (including phenoxy) is 1. The zero-order valence-corrected chi connectivity index (χ0v) is 17.2. The largest absolute Gasteiger partial charge is 0.461 e. The summed E-state index contributed by atoms with van der Waals surface area (Å²) in [5.41, 5.74) is 3.73. The van der Waals surface area contributed by atoms with E-state index in [1.807, 2.05) is 30.3 Å². The Bertz CT molecular complexity index is 1210. The number of fused-ring (bicyclic) bond motifs is 1. The third kappa shape index (κ3) is 3.66. The molecule has 1 aliphatic heterocycles. The maximum atomic E-state index is 12.6. The molecule has 0 bridgehead atoms. The predicted molar refractivity (Wildman–Crippen MR) is 118 cm³/mol. The fraction of sp³-hybridized carbons (Fsp3) is 0.261. The van der Waals surface area contributed by atoms with Crippen LogP contribution in [0, 0.1) is 0 Å². The van der Waals surface area contributed by atoms with Crippen LogP contribution in [0.5, 0.6) is 0 Å². The van der Waals surface area contributed by atoms with Crippen molar-refractivity contribution in [3.8, 4) is 22.8 Å². The molecule has 2 aromatic heterocycles. The summed E-state index contributed by atoms with van der Waals surface area (Å²) in [5.74, 6) is 0.259. The summed E-state index contributed by atoms with van der Waals surface area (Å²) >= 11 is 0. The Morgan fingerprint density at radius 2 is 1.97 bits per heavy atom. The topological polar surface area (TPSA) is 96.3 Å². The van der Waals surface area contributed by atoms with E-state index in [-0.39, 0.29) is 12.3 Å². The van der Waals surface area contributed by atoms with Crippen molar-refractivity contribution in [3.63, 3.8) is 0 Å². The number of anilines is 1. The highest BCUT2D eigenvalue weighted by Gasteiger charge is 2.24. The van der Waals surface area contributed by atoms with E-state index in [1.54, 1.807) is 13.1 Å². The number of nitrogens with one attached hydrogen (secondary N) is 2. The number of esters is 1. The fourth-order valence-electron chi connectivity index (χ4n) is 3.87.